The standard InChI is InChI=1S/C13H13ClN2O2.C12H8ClNO2/c1-17-10-4-3-5-11(18-2)12(10)13-9(15)6-8(14)7-16-13;1-15-8-3-2-4-9-11(8)12-10(16-9)5-7(13)6-14-12/h3-7H,15H2,1-2H3;2-6H,1H3. The Morgan fingerprint density at radius 3 is 2.00 bits per heavy atom. The number of fused-ring (bicyclic) bond motifs is 3. The molecule has 2 aromatic carbocycles. The van der Waals surface area contributed by atoms with Gasteiger partial charge >= 0.3 is 0 Å². The van der Waals surface area contributed by atoms with Crippen molar-refractivity contribution in [2.45, 2.75) is 0 Å². The quantitative estimate of drug-likeness (QED) is 0.297. The molecule has 174 valence electrons. The van der Waals surface area contributed by atoms with E-state index in [1.807, 2.05) is 36.4 Å². The second-order valence-corrected chi connectivity index (χ2v) is 7.94. The van der Waals surface area contributed by atoms with Gasteiger partial charge < -0.3 is 24.4 Å². The van der Waals surface area contributed by atoms with Gasteiger partial charge in [-0.3, -0.25) is 9.97 Å². The third-order valence-corrected chi connectivity index (χ3v) is 5.45. The highest BCUT2D eigenvalue weighted by Gasteiger charge is 2.16. The molecule has 3 heterocycles. The molecule has 7 nitrogen and oxygen atoms in total. The van der Waals surface area contributed by atoms with Crippen LogP contribution in [0, 0.1) is 0 Å². The monoisotopic (exact) mass is 497 g/mol. The largest absolute Gasteiger partial charge is 0.496 e. The van der Waals surface area contributed by atoms with Crippen molar-refractivity contribution >= 4 is 51.0 Å². The molecule has 5 aromatic rings. The molecular weight excluding hydrogens is 477 g/mol. The SMILES string of the molecule is COc1cccc(OC)c1-c1ncc(Cl)cc1N.COc1cccc2oc3cc(Cl)cnc3c12. The van der Waals surface area contributed by atoms with Gasteiger partial charge in [0.2, 0.25) is 0 Å². The smallest absolute Gasteiger partial charge is 0.155 e. The van der Waals surface area contributed by atoms with Crippen LogP contribution in [0.1, 0.15) is 0 Å². The van der Waals surface area contributed by atoms with E-state index in [1.54, 1.807) is 45.9 Å². The van der Waals surface area contributed by atoms with Crippen LogP contribution in [0.3, 0.4) is 0 Å². The number of hydrogen-bond donors (Lipinski definition) is 1. The van der Waals surface area contributed by atoms with Gasteiger partial charge in [-0.15, -0.1) is 0 Å². The highest BCUT2D eigenvalue weighted by atomic mass is 35.5. The van der Waals surface area contributed by atoms with Crippen LogP contribution >= 0.6 is 23.2 Å². The fourth-order valence-corrected chi connectivity index (χ4v) is 3.87. The first kappa shape index (κ1) is 23.5. The van der Waals surface area contributed by atoms with Gasteiger partial charge in [-0.25, -0.2) is 0 Å². The van der Waals surface area contributed by atoms with E-state index in [-0.39, 0.29) is 0 Å². The van der Waals surface area contributed by atoms with Crippen LogP contribution in [0.15, 0.2) is 65.3 Å². The van der Waals surface area contributed by atoms with E-state index in [2.05, 4.69) is 9.97 Å². The molecule has 0 atom stereocenters. The second kappa shape index (κ2) is 10.1. The lowest BCUT2D eigenvalue weighted by molar-refractivity contribution is 0.397. The van der Waals surface area contributed by atoms with Crippen LogP contribution in [0.4, 0.5) is 5.69 Å². The Morgan fingerprint density at radius 2 is 1.35 bits per heavy atom. The first-order valence-electron chi connectivity index (χ1n) is 10.1. The van der Waals surface area contributed by atoms with Gasteiger partial charge in [-0.05, 0) is 30.3 Å². The Bertz CT molecular complexity index is 1450. The van der Waals surface area contributed by atoms with Gasteiger partial charge in [0.25, 0.3) is 0 Å². The zero-order valence-electron chi connectivity index (χ0n) is 18.6. The number of ether oxygens (including phenoxy) is 3. The highest BCUT2D eigenvalue weighted by molar-refractivity contribution is 6.31. The lowest BCUT2D eigenvalue weighted by atomic mass is 10.1. The number of nitrogens with two attached hydrogens (primary N) is 1. The van der Waals surface area contributed by atoms with Crippen molar-refractivity contribution in [1.82, 2.24) is 9.97 Å². The molecule has 0 radical (unpaired) electrons. The normalized spacial score (nSPS) is 10.6. The summed E-state index contributed by atoms with van der Waals surface area (Å²) in [6.07, 6.45) is 3.14. The minimum Gasteiger partial charge on any atom is -0.496 e. The molecule has 0 saturated heterocycles. The predicted octanol–water partition coefficient (Wildman–Crippen LogP) is 6.64. The van der Waals surface area contributed by atoms with Crippen molar-refractivity contribution < 1.29 is 18.6 Å². The van der Waals surface area contributed by atoms with Gasteiger partial charge in [0.05, 0.1) is 48.0 Å². The van der Waals surface area contributed by atoms with Crippen molar-refractivity contribution in [3.05, 3.63) is 71.0 Å². The number of nitrogen functional groups attached to an aromatic ring is 1. The van der Waals surface area contributed by atoms with Gasteiger partial charge in [-0.2, -0.15) is 0 Å². The topological polar surface area (TPSA) is 92.6 Å². The summed E-state index contributed by atoms with van der Waals surface area (Å²) in [6, 6.07) is 14.5. The fraction of sp³-hybridized carbons (Fsp3) is 0.120. The summed E-state index contributed by atoms with van der Waals surface area (Å²) < 4.78 is 21.6. The summed E-state index contributed by atoms with van der Waals surface area (Å²) >= 11 is 11.7. The Kier molecular flexibility index (Phi) is 6.95. The fourth-order valence-electron chi connectivity index (χ4n) is 3.55. The van der Waals surface area contributed by atoms with Crippen LogP contribution in [-0.4, -0.2) is 31.3 Å². The molecule has 5 rings (SSSR count). The molecule has 34 heavy (non-hydrogen) atoms. The van der Waals surface area contributed by atoms with E-state index in [0.717, 1.165) is 27.8 Å². The maximum Gasteiger partial charge on any atom is 0.155 e. The summed E-state index contributed by atoms with van der Waals surface area (Å²) in [5.74, 6) is 2.05. The van der Waals surface area contributed by atoms with Gasteiger partial charge in [-0.1, -0.05) is 35.3 Å². The van der Waals surface area contributed by atoms with Crippen molar-refractivity contribution in [2.75, 3.05) is 27.1 Å². The summed E-state index contributed by atoms with van der Waals surface area (Å²) in [6.45, 7) is 0. The van der Waals surface area contributed by atoms with Crippen molar-refractivity contribution in [1.29, 1.82) is 0 Å². The number of benzene rings is 2. The molecule has 3 aromatic heterocycles. The van der Waals surface area contributed by atoms with E-state index >= 15 is 0 Å². The number of anilines is 1. The number of hydrogen-bond acceptors (Lipinski definition) is 7. The third-order valence-electron chi connectivity index (χ3n) is 5.03. The summed E-state index contributed by atoms with van der Waals surface area (Å²) in [5, 5.41) is 1.94. The van der Waals surface area contributed by atoms with Crippen LogP contribution < -0.4 is 19.9 Å². The molecule has 0 unspecified atom stereocenters. The minimum absolute atomic E-state index is 0.477. The average molecular weight is 498 g/mol. The molecule has 9 heteroatoms. The summed E-state index contributed by atoms with van der Waals surface area (Å²) in [4.78, 5) is 8.52. The van der Waals surface area contributed by atoms with Crippen molar-refractivity contribution in [3.63, 3.8) is 0 Å². The molecule has 0 aliphatic rings. The van der Waals surface area contributed by atoms with Crippen LogP contribution in [0.5, 0.6) is 17.2 Å². The number of nitrogens with zero attached hydrogens (tertiary/aromatic N) is 2. The van der Waals surface area contributed by atoms with Crippen LogP contribution in [0.2, 0.25) is 10.0 Å². The second-order valence-electron chi connectivity index (χ2n) is 7.06. The zero-order chi connectivity index (χ0) is 24.2. The lowest BCUT2D eigenvalue weighted by Gasteiger charge is -2.13. The molecule has 0 saturated carbocycles. The molecule has 0 aliphatic carbocycles. The third kappa shape index (κ3) is 4.53. The van der Waals surface area contributed by atoms with E-state index in [1.165, 1.54) is 0 Å². The average Bonchev–Trinajstić information content (AvgIpc) is 3.21. The molecular formula is C25H21Cl2N3O4. The van der Waals surface area contributed by atoms with Crippen LogP contribution in [-0.2, 0) is 0 Å². The Morgan fingerprint density at radius 1 is 0.765 bits per heavy atom. The number of halogens is 2. The number of methoxy groups -OCH3 is 3. The maximum atomic E-state index is 5.94. The Hall–Kier alpha value is -3.68. The molecule has 0 spiro atoms. The Balaban J connectivity index is 0.000000162. The first-order valence-corrected chi connectivity index (χ1v) is 10.9. The molecule has 0 amide bonds. The number of furan rings is 1. The summed E-state index contributed by atoms with van der Waals surface area (Å²) in [5.41, 5.74) is 9.93. The summed E-state index contributed by atoms with van der Waals surface area (Å²) in [7, 11) is 4.80. The predicted molar refractivity (Wildman–Crippen MR) is 135 cm³/mol. The van der Waals surface area contributed by atoms with Crippen molar-refractivity contribution in [3.8, 4) is 28.5 Å². The minimum atomic E-state index is 0.477. The van der Waals surface area contributed by atoms with E-state index in [9.17, 15) is 0 Å². The number of rotatable bonds is 4. The molecule has 0 bridgehead atoms. The molecule has 0 fully saturated rings. The highest BCUT2D eigenvalue weighted by Crippen LogP contribution is 2.40. The number of pyridine rings is 2. The van der Waals surface area contributed by atoms with Crippen LogP contribution in [0.25, 0.3) is 33.3 Å². The lowest BCUT2D eigenvalue weighted by Crippen LogP contribution is -1.98. The molecule has 0 aliphatic heterocycles. The Labute approximate surface area is 206 Å². The molecule has 2 N–H and O–H groups in total. The van der Waals surface area contributed by atoms with E-state index < -0.39 is 0 Å². The van der Waals surface area contributed by atoms with Gasteiger partial charge in [0, 0.05) is 18.5 Å². The zero-order valence-corrected chi connectivity index (χ0v) is 20.1. The van der Waals surface area contributed by atoms with Crippen molar-refractivity contribution in [2.24, 2.45) is 0 Å². The van der Waals surface area contributed by atoms with E-state index in [4.69, 9.17) is 47.6 Å². The van der Waals surface area contributed by atoms with Gasteiger partial charge in [0.15, 0.2) is 5.58 Å². The number of aromatic nitrogens is 2. The van der Waals surface area contributed by atoms with Gasteiger partial charge in [0.1, 0.15) is 34.0 Å². The first-order chi connectivity index (χ1) is 16.5. The maximum absolute atomic E-state index is 5.94. The van der Waals surface area contributed by atoms with E-state index in [0.29, 0.717) is 38.5 Å².